The lowest BCUT2D eigenvalue weighted by Gasteiger charge is -2.13. The second-order valence-corrected chi connectivity index (χ2v) is 7.44. The lowest BCUT2D eigenvalue weighted by molar-refractivity contribution is 0.0513. The highest BCUT2D eigenvalue weighted by atomic mass is 16.5. The second kappa shape index (κ2) is 10.4. The van der Waals surface area contributed by atoms with E-state index in [0.717, 1.165) is 5.56 Å². The number of aromatic nitrogens is 2. The van der Waals surface area contributed by atoms with Crippen molar-refractivity contribution < 1.29 is 19.1 Å². The summed E-state index contributed by atoms with van der Waals surface area (Å²) in [5.74, 6) is -0.311. The summed E-state index contributed by atoms with van der Waals surface area (Å²) >= 11 is 0. The number of carbonyl (C=O) groups is 2. The highest BCUT2D eigenvalue weighted by Crippen LogP contribution is 2.22. The minimum atomic E-state index is -0.461. The van der Waals surface area contributed by atoms with Crippen LogP contribution in [0.5, 0.6) is 5.75 Å². The first-order chi connectivity index (χ1) is 15.8. The van der Waals surface area contributed by atoms with E-state index in [2.05, 4.69) is 10.4 Å². The number of amides is 1. The number of benzene rings is 2. The fourth-order valence-electron chi connectivity index (χ4n) is 3.21. The molecule has 172 valence electrons. The van der Waals surface area contributed by atoms with Crippen LogP contribution in [0.4, 0.5) is 0 Å². The third kappa shape index (κ3) is 5.97. The van der Waals surface area contributed by atoms with Crippen molar-refractivity contribution in [3.05, 3.63) is 82.2 Å². The molecule has 0 aliphatic rings. The number of nitrogens with two attached hydrogens (primary N) is 1. The number of amidine groups is 1. The molecule has 0 fully saturated rings. The van der Waals surface area contributed by atoms with Crippen molar-refractivity contribution in [2.24, 2.45) is 12.8 Å². The summed E-state index contributed by atoms with van der Waals surface area (Å²) in [4.78, 5) is 24.5. The van der Waals surface area contributed by atoms with Crippen molar-refractivity contribution in [3.63, 3.8) is 0 Å². The molecule has 2 aromatic carbocycles. The quantitative estimate of drug-likeness (QED) is 0.261. The molecule has 0 radical (unpaired) electrons. The third-order valence-electron chi connectivity index (χ3n) is 4.89. The summed E-state index contributed by atoms with van der Waals surface area (Å²) in [5.41, 5.74) is 9.24. The summed E-state index contributed by atoms with van der Waals surface area (Å²) in [6, 6.07) is 14.0. The molecule has 0 bridgehead atoms. The van der Waals surface area contributed by atoms with Crippen LogP contribution in [0.3, 0.4) is 0 Å². The lowest BCUT2D eigenvalue weighted by atomic mass is 10.1. The van der Waals surface area contributed by atoms with Crippen LogP contribution in [-0.2, 0) is 24.9 Å². The number of hydrogen-bond acceptors (Lipinski definition) is 6. The van der Waals surface area contributed by atoms with Crippen LogP contribution in [0, 0.1) is 12.3 Å². The number of aryl methyl sites for hydroxylation is 2. The maximum absolute atomic E-state index is 12.5. The Labute approximate surface area is 192 Å². The van der Waals surface area contributed by atoms with E-state index in [1.165, 1.54) is 4.68 Å². The first kappa shape index (κ1) is 23.5. The zero-order valence-corrected chi connectivity index (χ0v) is 18.8. The van der Waals surface area contributed by atoms with Crippen LogP contribution >= 0.6 is 0 Å². The van der Waals surface area contributed by atoms with Gasteiger partial charge < -0.3 is 20.5 Å². The molecule has 3 aromatic rings. The Kier molecular flexibility index (Phi) is 7.45. The first-order valence-electron chi connectivity index (χ1n) is 10.4. The molecule has 0 atom stereocenters. The van der Waals surface area contributed by atoms with E-state index >= 15 is 0 Å². The van der Waals surface area contributed by atoms with Gasteiger partial charge in [0.25, 0.3) is 5.91 Å². The Bertz CT molecular complexity index is 1190. The van der Waals surface area contributed by atoms with Crippen molar-refractivity contribution in [1.29, 1.82) is 5.41 Å². The van der Waals surface area contributed by atoms with Crippen LogP contribution in [0.15, 0.2) is 48.5 Å². The minimum absolute atomic E-state index is 0.0768. The molecule has 9 nitrogen and oxygen atoms in total. The van der Waals surface area contributed by atoms with Gasteiger partial charge in [-0.3, -0.25) is 14.9 Å². The molecule has 0 aliphatic heterocycles. The number of ether oxygens (including phenoxy) is 2. The van der Waals surface area contributed by atoms with E-state index in [1.807, 2.05) is 25.1 Å². The summed E-state index contributed by atoms with van der Waals surface area (Å²) in [5, 5.41) is 14.9. The van der Waals surface area contributed by atoms with Gasteiger partial charge in [-0.25, -0.2) is 4.79 Å². The van der Waals surface area contributed by atoms with Gasteiger partial charge in [-0.2, -0.15) is 5.10 Å². The van der Waals surface area contributed by atoms with Crippen molar-refractivity contribution in [1.82, 2.24) is 15.1 Å². The number of nitrogens with one attached hydrogen (secondary N) is 2. The third-order valence-corrected chi connectivity index (χ3v) is 4.89. The molecule has 3 rings (SSSR count). The molecule has 0 saturated heterocycles. The molecule has 0 spiro atoms. The van der Waals surface area contributed by atoms with Crippen molar-refractivity contribution in [2.75, 3.05) is 6.61 Å². The summed E-state index contributed by atoms with van der Waals surface area (Å²) in [6.07, 6.45) is 0. The molecular formula is C24H27N5O4. The predicted molar refractivity (Wildman–Crippen MR) is 123 cm³/mol. The molecule has 4 N–H and O–H groups in total. The summed E-state index contributed by atoms with van der Waals surface area (Å²) in [7, 11) is 1.65. The normalized spacial score (nSPS) is 10.5. The first-order valence-corrected chi connectivity index (χ1v) is 10.4. The zero-order chi connectivity index (χ0) is 24.0. The molecule has 0 aliphatic carbocycles. The van der Waals surface area contributed by atoms with E-state index in [9.17, 15) is 9.59 Å². The molecule has 0 unspecified atom stereocenters. The fraction of sp³-hybridized carbons (Fsp3) is 0.250. The lowest BCUT2D eigenvalue weighted by Crippen LogP contribution is -2.23. The van der Waals surface area contributed by atoms with Gasteiger partial charge in [-0.05, 0) is 38.1 Å². The van der Waals surface area contributed by atoms with Gasteiger partial charge in [0.1, 0.15) is 29.6 Å². The van der Waals surface area contributed by atoms with Crippen molar-refractivity contribution in [2.45, 2.75) is 27.0 Å². The average Bonchev–Trinajstić information content (AvgIpc) is 3.17. The van der Waals surface area contributed by atoms with Crippen molar-refractivity contribution in [3.8, 4) is 5.75 Å². The Morgan fingerprint density at radius 2 is 1.94 bits per heavy atom. The number of carbonyl (C=O) groups excluding carboxylic acids is 2. The second-order valence-electron chi connectivity index (χ2n) is 7.44. The van der Waals surface area contributed by atoms with Gasteiger partial charge >= 0.3 is 5.97 Å². The van der Waals surface area contributed by atoms with Crippen LogP contribution in [0.1, 0.15) is 50.2 Å². The molecule has 9 heteroatoms. The summed E-state index contributed by atoms with van der Waals surface area (Å²) < 4.78 is 12.4. The van der Waals surface area contributed by atoms with E-state index in [1.54, 1.807) is 44.3 Å². The predicted octanol–water partition coefficient (Wildman–Crippen LogP) is 2.70. The van der Waals surface area contributed by atoms with Crippen LogP contribution in [0.25, 0.3) is 0 Å². The van der Waals surface area contributed by atoms with Gasteiger partial charge in [-0.15, -0.1) is 0 Å². The Hall–Kier alpha value is -4.14. The largest absolute Gasteiger partial charge is 0.487 e. The molecule has 1 heterocycles. The monoisotopic (exact) mass is 449 g/mol. The van der Waals surface area contributed by atoms with Crippen LogP contribution < -0.4 is 15.8 Å². The van der Waals surface area contributed by atoms with Crippen LogP contribution in [-0.4, -0.2) is 34.1 Å². The zero-order valence-electron chi connectivity index (χ0n) is 18.8. The van der Waals surface area contributed by atoms with E-state index < -0.39 is 5.97 Å². The van der Waals surface area contributed by atoms with E-state index in [-0.39, 0.29) is 31.5 Å². The number of hydrogen-bond donors (Lipinski definition) is 3. The standard InChI is InChI=1S/C24H27N5O4/c1-4-32-24(31)20-12-19(28-29(20)3)14-33-21-11-16(22(25)26)8-9-18(21)13-27-23(30)17-7-5-6-15(2)10-17/h5-12H,4,13-14H2,1-3H3,(H3,25,26)(H,27,30). The molecule has 0 saturated carbocycles. The molecule has 1 aromatic heterocycles. The maximum Gasteiger partial charge on any atom is 0.356 e. The highest BCUT2D eigenvalue weighted by molar-refractivity contribution is 5.96. The Morgan fingerprint density at radius 1 is 1.15 bits per heavy atom. The van der Waals surface area contributed by atoms with Gasteiger partial charge in [0.15, 0.2) is 0 Å². The van der Waals surface area contributed by atoms with Crippen molar-refractivity contribution >= 4 is 17.7 Å². The SMILES string of the molecule is CCOC(=O)c1cc(COc2cc(C(=N)N)ccc2CNC(=O)c2cccc(C)c2)nn1C. The molecular weight excluding hydrogens is 422 g/mol. The highest BCUT2D eigenvalue weighted by Gasteiger charge is 2.16. The van der Waals surface area contributed by atoms with Crippen LogP contribution in [0.2, 0.25) is 0 Å². The van der Waals surface area contributed by atoms with Gasteiger partial charge in [-0.1, -0.05) is 29.8 Å². The Balaban J connectivity index is 1.75. The smallest absolute Gasteiger partial charge is 0.356 e. The minimum Gasteiger partial charge on any atom is -0.487 e. The molecule has 1 amide bonds. The number of nitrogens with zero attached hydrogens (tertiary/aromatic N) is 2. The van der Waals surface area contributed by atoms with E-state index in [0.29, 0.717) is 33.8 Å². The number of esters is 1. The molecule has 33 heavy (non-hydrogen) atoms. The van der Waals surface area contributed by atoms with Gasteiger partial charge in [0, 0.05) is 30.3 Å². The topological polar surface area (TPSA) is 132 Å². The Morgan fingerprint density at radius 3 is 2.64 bits per heavy atom. The number of nitrogen functional groups attached to an aromatic ring is 1. The summed E-state index contributed by atoms with van der Waals surface area (Å²) in [6.45, 7) is 4.23. The van der Waals surface area contributed by atoms with E-state index in [4.69, 9.17) is 20.6 Å². The van der Waals surface area contributed by atoms with Gasteiger partial charge in [0.2, 0.25) is 0 Å². The average molecular weight is 450 g/mol. The maximum atomic E-state index is 12.5. The van der Waals surface area contributed by atoms with Gasteiger partial charge in [0.05, 0.1) is 6.61 Å². The number of rotatable bonds is 9. The fourth-order valence-corrected chi connectivity index (χ4v) is 3.21.